The number of hydrogen-bond acceptors (Lipinski definition) is 3. The van der Waals surface area contributed by atoms with Crippen LogP contribution in [-0.2, 0) is 4.74 Å². The van der Waals surface area contributed by atoms with E-state index in [2.05, 4.69) is 45.5 Å². The molecule has 0 heterocycles. The Bertz CT molecular complexity index is 1030. The van der Waals surface area contributed by atoms with Gasteiger partial charge in [-0.05, 0) is 40.5 Å². The Labute approximate surface area is 170 Å². The highest BCUT2D eigenvalue weighted by atomic mass is 79.9. The average Bonchev–Trinajstić information content (AvgIpc) is 3.00. The normalized spacial score (nSPS) is 12.2. The molecule has 0 aromatic heterocycles. The molecule has 3 aromatic carbocycles. The summed E-state index contributed by atoms with van der Waals surface area (Å²) < 4.78 is 6.03. The van der Waals surface area contributed by atoms with E-state index >= 15 is 0 Å². The van der Waals surface area contributed by atoms with Crippen molar-refractivity contribution in [2.24, 2.45) is 0 Å². The van der Waals surface area contributed by atoms with Crippen LogP contribution in [-0.4, -0.2) is 23.8 Å². The largest absolute Gasteiger partial charge is 0.478 e. The second kappa shape index (κ2) is 7.48. The van der Waals surface area contributed by atoms with E-state index in [0.29, 0.717) is 10.2 Å². The first-order valence-electron chi connectivity index (χ1n) is 8.69. The summed E-state index contributed by atoms with van der Waals surface area (Å²) in [6.07, 6.45) is -0.628. The van der Waals surface area contributed by atoms with Crippen molar-refractivity contribution in [1.82, 2.24) is 0 Å². The molecule has 0 spiro atoms. The van der Waals surface area contributed by atoms with Gasteiger partial charge in [0.1, 0.15) is 6.61 Å². The predicted molar refractivity (Wildman–Crippen MR) is 110 cm³/mol. The minimum absolute atomic E-state index is 0.0322. The number of benzene rings is 3. The molecule has 1 amide bonds. The molecule has 0 saturated carbocycles. The van der Waals surface area contributed by atoms with Crippen LogP contribution in [0.15, 0.2) is 71.2 Å². The van der Waals surface area contributed by atoms with Crippen molar-refractivity contribution >= 4 is 33.7 Å². The topological polar surface area (TPSA) is 75.6 Å². The number of halogens is 1. The second-order valence-corrected chi connectivity index (χ2v) is 7.40. The van der Waals surface area contributed by atoms with Crippen LogP contribution in [0, 0.1) is 0 Å². The van der Waals surface area contributed by atoms with Crippen molar-refractivity contribution in [3.05, 3.63) is 87.9 Å². The van der Waals surface area contributed by atoms with Crippen LogP contribution in [0.4, 0.5) is 10.5 Å². The van der Waals surface area contributed by atoms with Gasteiger partial charge in [0.2, 0.25) is 0 Å². The molecule has 5 nitrogen and oxygen atoms in total. The molecule has 0 saturated heterocycles. The molecule has 0 fully saturated rings. The summed E-state index contributed by atoms with van der Waals surface area (Å²) in [5.41, 5.74) is 5.00. The first kappa shape index (κ1) is 18.3. The smallest absolute Gasteiger partial charge is 0.411 e. The van der Waals surface area contributed by atoms with Gasteiger partial charge in [-0.1, -0.05) is 64.5 Å². The third-order valence-corrected chi connectivity index (χ3v) is 5.19. The molecule has 0 bridgehead atoms. The number of carbonyl (C=O) groups excluding carboxylic acids is 1. The molecule has 1 aliphatic rings. The minimum Gasteiger partial charge on any atom is -0.478 e. The maximum absolute atomic E-state index is 12.3. The third-order valence-electron chi connectivity index (χ3n) is 4.73. The van der Waals surface area contributed by atoms with Crippen molar-refractivity contribution in [3.63, 3.8) is 0 Å². The van der Waals surface area contributed by atoms with Crippen molar-refractivity contribution in [3.8, 4) is 11.1 Å². The van der Waals surface area contributed by atoms with Gasteiger partial charge in [-0.3, -0.25) is 5.32 Å². The van der Waals surface area contributed by atoms with Gasteiger partial charge >= 0.3 is 12.1 Å². The number of ether oxygens (including phenoxy) is 1. The van der Waals surface area contributed by atoms with E-state index in [0.717, 1.165) is 22.3 Å². The number of carbonyl (C=O) groups is 2. The molecule has 4 rings (SSSR count). The highest BCUT2D eigenvalue weighted by molar-refractivity contribution is 9.10. The zero-order valence-electron chi connectivity index (χ0n) is 14.7. The number of carboxylic acids is 1. The predicted octanol–water partition coefficient (Wildman–Crippen LogP) is 5.51. The molecule has 0 aliphatic heterocycles. The van der Waals surface area contributed by atoms with Crippen LogP contribution in [0.5, 0.6) is 0 Å². The van der Waals surface area contributed by atoms with E-state index in [1.807, 2.05) is 24.3 Å². The molecule has 2 N–H and O–H groups in total. The lowest BCUT2D eigenvalue weighted by Gasteiger charge is -2.15. The van der Waals surface area contributed by atoms with Gasteiger partial charge in [0, 0.05) is 16.1 Å². The van der Waals surface area contributed by atoms with Gasteiger partial charge in [0.15, 0.2) is 0 Å². The fourth-order valence-corrected chi connectivity index (χ4v) is 4.03. The molecule has 140 valence electrons. The Kier molecular flexibility index (Phi) is 4.88. The molecule has 0 unspecified atom stereocenters. The molecule has 6 heteroatoms. The summed E-state index contributed by atoms with van der Waals surface area (Å²) in [5, 5.41) is 11.7. The van der Waals surface area contributed by atoms with Crippen LogP contribution in [0.1, 0.15) is 27.4 Å². The van der Waals surface area contributed by atoms with Crippen molar-refractivity contribution < 1.29 is 19.4 Å². The SMILES string of the molecule is O=C(Nc1cc(Br)cc(C(=O)O)c1)OCC1c2ccccc2-c2ccccc21. The van der Waals surface area contributed by atoms with Gasteiger partial charge in [-0.2, -0.15) is 0 Å². The van der Waals surface area contributed by atoms with Gasteiger partial charge in [0.25, 0.3) is 0 Å². The molecular weight excluding hydrogens is 422 g/mol. The summed E-state index contributed by atoms with van der Waals surface area (Å²) in [5.74, 6) is -1.10. The number of fused-ring (bicyclic) bond motifs is 3. The number of carboxylic acid groups (broad SMARTS) is 1. The number of nitrogens with one attached hydrogen (secondary N) is 1. The summed E-state index contributed by atoms with van der Waals surface area (Å²) in [6.45, 7) is 0.194. The fraction of sp³-hybridized carbons (Fsp3) is 0.0909. The summed E-state index contributed by atoms with van der Waals surface area (Å²) in [7, 11) is 0. The van der Waals surface area contributed by atoms with E-state index < -0.39 is 12.1 Å². The van der Waals surface area contributed by atoms with E-state index in [-0.39, 0.29) is 18.1 Å². The summed E-state index contributed by atoms with van der Waals surface area (Å²) >= 11 is 3.24. The molecular formula is C22H16BrNO4. The zero-order chi connectivity index (χ0) is 19.7. The van der Waals surface area contributed by atoms with Gasteiger partial charge in [-0.15, -0.1) is 0 Å². The fourth-order valence-electron chi connectivity index (χ4n) is 3.54. The first-order valence-corrected chi connectivity index (χ1v) is 9.48. The van der Waals surface area contributed by atoms with Crippen molar-refractivity contribution in [1.29, 1.82) is 0 Å². The number of hydrogen-bond donors (Lipinski definition) is 2. The Balaban J connectivity index is 1.49. The van der Waals surface area contributed by atoms with Gasteiger partial charge in [-0.25, -0.2) is 9.59 Å². The quantitative estimate of drug-likeness (QED) is 0.564. The third kappa shape index (κ3) is 3.51. The summed E-state index contributed by atoms with van der Waals surface area (Å²) in [4.78, 5) is 23.4. The monoisotopic (exact) mass is 437 g/mol. The maximum atomic E-state index is 12.3. The lowest BCUT2D eigenvalue weighted by molar-refractivity contribution is 0.0696. The highest BCUT2D eigenvalue weighted by Crippen LogP contribution is 2.44. The van der Waals surface area contributed by atoms with Crippen LogP contribution >= 0.6 is 15.9 Å². The molecule has 0 radical (unpaired) electrons. The Hall–Kier alpha value is -3.12. The van der Waals surface area contributed by atoms with Crippen molar-refractivity contribution in [2.45, 2.75) is 5.92 Å². The standard InChI is InChI=1S/C22H16BrNO4/c23-14-9-13(21(25)26)10-15(11-14)24-22(27)28-12-20-18-7-3-1-5-16(18)17-6-2-4-8-19(17)20/h1-11,20H,12H2,(H,24,27)(H,25,26). The Morgan fingerprint density at radius 2 is 1.57 bits per heavy atom. The van der Waals surface area contributed by atoms with Crippen LogP contribution < -0.4 is 5.32 Å². The molecule has 1 aliphatic carbocycles. The van der Waals surface area contributed by atoms with Gasteiger partial charge in [0.05, 0.1) is 5.56 Å². The van der Waals surface area contributed by atoms with E-state index in [1.54, 1.807) is 6.07 Å². The lowest BCUT2D eigenvalue weighted by Crippen LogP contribution is -2.18. The second-order valence-electron chi connectivity index (χ2n) is 6.48. The number of aromatic carboxylic acids is 1. The zero-order valence-corrected chi connectivity index (χ0v) is 16.3. The molecule has 28 heavy (non-hydrogen) atoms. The average molecular weight is 438 g/mol. The molecule has 3 aromatic rings. The van der Waals surface area contributed by atoms with Crippen LogP contribution in [0.2, 0.25) is 0 Å². The van der Waals surface area contributed by atoms with E-state index in [4.69, 9.17) is 9.84 Å². The van der Waals surface area contributed by atoms with E-state index in [9.17, 15) is 9.59 Å². The highest BCUT2D eigenvalue weighted by Gasteiger charge is 2.29. The van der Waals surface area contributed by atoms with E-state index in [1.165, 1.54) is 12.1 Å². The minimum atomic E-state index is -1.07. The molecule has 0 atom stereocenters. The number of anilines is 1. The lowest BCUT2D eigenvalue weighted by atomic mass is 9.98. The Morgan fingerprint density at radius 3 is 2.18 bits per heavy atom. The van der Waals surface area contributed by atoms with Crippen LogP contribution in [0.25, 0.3) is 11.1 Å². The van der Waals surface area contributed by atoms with Crippen LogP contribution in [0.3, 0.4) is 0 Å². The summed E-state index contributed by atoms with van der Waals surface area (Å²) in [6, 6.07) is 20.7. The maximum Gasteiger partial charge on any atom is 0.411 e. The Morgan fingerprint density at radius 1 is 0.964 bits per heavy atom. The number of amides is 1. The number of rotatable bonds is 4. The first-order chi connectivity index (χ1) is 13.5. The van der Waals surface area contributed by atoms with Gasteiger partial charge < -0.3 is 9.84 Å². The van der Waals surface area contributed by atoms with Crippen molar-refractivity contribution in [2.75, 3.05) is 11.9 Å².